The van der Waals surface area contributed by atoms with Crippen LogP contribution in [-0.4, -0.2) is 30.3 Å². The molecule has 1 aromatic carbocycles. The van der Waals surface area contributed by atoms with Crippen LogP contribution in [0.25, 0.3) is 11.1 Å². The lowest BCUT2D eigenvalue weighted by molar-refractivity contribution is 0.171. The van der Waals surface area contributed by atoms with E-state index >= 15 is 0 Å². The molecule has 1 aliphatic heterocycles. The van der Waals surface area contributed by atoms with Crippen molar-refractivity contribution in [2.24, 2.45) is 0 Å². The molecule has 2 aromatic rings. The molecule has 0 spiro atoms. The highest BCUT2D eigenvalue weighted by Gasteiger charge is 2.16. The molecule has 0 atom stereocenters. The highest BCUT2D eigenvalue weighted by atomic mass is 16.6. The van der Waals surface area contributed by atoms with E-state index in [1.807, 2.05) is 25.1 Å². The van der Waals surface area contributed by atoms with Gasteiger partial charge in [0.1, 0.15) is 19.5 Å². The molecule has 19 heavy (non-hydrogen) atoms. The van der Waals surface area contributed by atoms with Gasteiger partial charge in [-0.05, 0) is 24.6 Å². The van der Waals surface area contributed by atoms with E-state index in [2.05, 4.69) is 9.97 Å². The number of hydrogen-bond acceptors (Lipinski definition) is 5. The maximum absolute atomic E-state index is 5.59. The summed E-state index contributed by atoms with van der Waals surface area (Å²) in [5.41, 5.74) is 2.70. The number of rotatable bonds is 2. The fraction of sp³-hybridized carbons (Fsp3) is 0.286. The maximum atomic E-state index is 5.59. The van der Waals surface area contributed by atoms with Crippen molar-refractivity contribution in [1.82, 2.24) is 9.97 Å². The topological polar surface area (TPSA) is 53.5 Å². The first-order valence-electron chi connectivity index (χ1n) is 6.05. The Bertz CT molecular complexity index is 614. The molecular formula is C14H14N2O3. The summed E-state index contributed by atoms with van der Waals surface area (Å²) >= 11 is 0. The number of methoxy groups -OCH3 is 1. The smallest absolute Gasteiger partial charge is 0.224 e. The average Bonchev–Trinajstić information content (AvgIpc) is 2.46. The van der Waals surface area contributed by atoms with Crippen molar-refractivity contribution in [3.63, 3.8) is 0 Å². The highest BCUT2D eigenvalue weighted by Crippen LogP contribution is 2.37. The van der Waals surface area contributed by atoms with Gasteiger partial charge in [0.25, 0.3) is 0 Å². The van der Waals surface area contributed by atoms with Crippen LogP contribution >= 0.6 is 0 Å². The first-order chi connectivity index (χ1) is 9.29. The average molecular weight is 258 g/mol. The zero-order valence-electron chi connectivity index (χ0n) is 10.8. The van der Waals surface area contributed by atoms with Crippen LogP contribution in [0.3, 0.4) is 0 Å². The Kier molecular flexibility index (Phi) is 2.95. The zero-order chi connectivity index (χ0) is 13.2. The summed E-state index contributed by atoms with van der Waals surface area (Å²) in [5.74, 6) is 2.07. The van der Waals surface area contributed by atoms with Gasteiger partial charge in [-0.25, -0.2) is 9.97 Å². The lowest BCUT2D eigenvalue weighted by Gasteiger charge is -2.19. The van der Waals surface area contributed by atoms with Gasteiger partial charge in [-0.3, -0.25) is 0 Å². The van der Waals surface area contributed by atoms with Crippen LogP contribution in [0.5, 0.6) is 17.4 Å². The number of aromatic nitrogens is 2. The minimum Gasteiger partial charge on any atom is -0.486 e. The predicted octanol–water partition coefficient (Wildman–Crippen LogP) is 2.23. The number of hydrogen-bond donors (Lipinski definition) is 0. The molecule has 0 amide bonds. The molecule has 0 saturated carbocycles. The predicted molar refractivity (Wildman–Crippen MR) is 69.7 cm³/mol. The second-order valence-electron chi connectivity index (χ2n) is 4.20. The summed E-state index contributed by atoms with van der Waals surface area (Å²) < 4.78 is 16.4. The van der Waals surface area contributed by atoms with E-state index in [0.717, 1.165) is 28.3 Å². The van der Waals surface area contributed by atoms with E-state index in [1.54, 1.807) is 7.11 Å². The molecule has 98 valence electrons. The Hall–Kier alpha value is -2.30. The van der Waals surface area contributed by atoms with Crippen molar-refractivity contribution in [3.8, 4) is 28.5 Å². The molecule has 1 aliphatic rings. The van der Waals surface area contributed by atoms with Crippen molar-refractivity contribution in [2.75, 3.05) is 20.3 Å². The number of fused-ring (bicyclic) bond motifs is 1. The Morgan fingerprint density at radius 2 is 1.89 bits per heavy atom. The van der Waals surface area contributed by atoms with Crippen LogP contribution < -0.4 is 14.2 Å². The molecule has 0 unspecified atom stereocenters. The van der Waals surface area contributed by atoms with Gasteiger partial charge in [-0.1, -0.05) is 6.07 Å². The van der Waals surface area contributed by atoms with Crippen LogP contribution in [0.1, 0.15) is 5.69 Å². The van der Waals surface area contributed by atoms with E-state index < -0.39 is 0 Å². The first-order valence-corrected chi connectivity index (χ1v) is 6.05. The SMILES string of the molecule is COc1ncnc(C)c1-c1ccc2c(c1)OCCO2. The third-order valence-electron chi connectivity index (χ3n) is 3.03. The molecule has 1 aromatic heterocycles. The number of aryl methyl sites for hydroxylation is 1. The highest BCUT2D eigenvalue weighted by molar-refractivity contribution is 5.73. The number of nitrogens with zero attached hydrogens (tertiary/aromatic N) is 2. The van der Waals surface area contributed by atoms with Gasteiger partial charge in [0, 0.05) is 0 Å². The molecule has 0 fully saturated rings. The summed E-state index contributed by atoms with van der Waals surface area (Å²) in [6.45, 7) is 3.08. The van der Waals surface area contributed by atoms with E-state index in [1.165, 1.54) is 6.33 Å². The van der Waals surface area contributed by atoms with Crippen molar-refractivity contribution < 1.29 is 14.2 Å². The normalized spacial score (nSPS) is 13.2. The quantitative estimate of drug-likeness (QED) is 0.826. The van der Waals surface area contributed by atoms with E-state index in [4.69, 9.17) is 14.2 Å². The Morgan fingerprint density at radius 3 is 2.68 bits per heavy atom. The second-order valence-corrected chi connectivity index (χ2v) is 4.20. The fourth-order valence-electron chi connectivity index (χ4n) is 2.14. The summed E-state index contributed by atoms with van der Waals surface area (Å²) in [5, 5.41) is 0. The Balaban J connectivity index is 2.12. The summed E-state index contributed by atoms with van der Waals surface area (Å²) in [7, 11) is 1.60. The standard InChI is InChI=1S/C14H14N2O3/c1-9-13(14(17-2)16-8-15-9)10-3-4-11-12(7-10)19-6-5-18-11/h3-4,7-8H,5-6H2,1-2H3. The maximum Gasteiger partial charge on any atom is 0.224 e. The summed E-state index contributed by atoms with van der Waals surface area (Å²) in [6, 6.07) is 5.79. The summed E-state index contributed by atoms with van der Waals surface area (Å²) in [6.07, 6.45) is 1.50. The van der Waals surface area contributed by atoms with Crippen molar-refractivity contribution in [2.45, 2.75) is 6.92 Å². The first kappa shape index (κ1) is 11.8. The second kappa shape index (κ2) is 4.76. The minimum atomic E-state index is 0.559. The molecule has 5 nitrogen and oxygen atoms in total. The molecule has 3 rings (SSSR count). The van der Waals surface area contributed by atoms with Crippen molar-refractivity contribution in [3.05, 3.63) is 30.2 Å². The summed E-state index contributed by atoms with van der Waals surface area (Å²) in [4.78, 5) is 8.35. The van der Waals surface area contributed by atoms with Gasteiger partial charge in [0.15, 0.2) is 11.5 Å². The van der Waals surface area contributed by atoms with Gasteiger partial charge in [-0.15, -0.1) is 0 Å². The third kappa shape index (κ3) is 2.07. The van der Waals surface area contributed by atoms with Gasteiger partial charge in [0.05, 0.1) is 18.4 Å². The van der Waals surface area contributed by atoms with Gasteiger partial charge in [0.2, 0.25) is 5.88 Å². The van der Waals surface area contributed by atoms with Gasteiger partial charge < -0.3 is 14.2 Å². The molecule has 0 saturated heterocycles. The largest absolute Gasteiger partial charge is 0.486 e. The Morgan fingerprint density at radius 1 is 1.11 bits per heavy atom. The molecular weight excluding hydrogens is 244 g/mol. The van der Waals surface area contributed by atoms with E-state index in [0.29, 0.717) is 19.1 Å². The monoisotopic (exact) mass is 258 g/mol. The van der Waals surface area contributed by atoms with Crippen LogP contribution in [0.4, 0.5) is 0 Å². The molecule has 0 N–H and O–H groups in total. The van der Waals surface area contributed by atoms with Crippen LogP contribution in [0.15, 0.2) is 24.5 Å². The Labute approximate surface area is 111 Å². The molecule has 0 bridgehead atoms. The lowest BCUT2D eigenvalue weighted by Crippen LogP contribution is -2.15. The van der Waals surface area contributed by atoms with Crippen LogP contribution in [-0.2, 0) is 0 Å². The molecule has 0 radical (unpaired) electrons. The van der Waals surface area contributed by atoms with Gasteiger partial charge in [-0.2, -0.15) is 0 Å². The van der Waals surface area contributed by atoms with Gasteiger partial charge >= 0.3 is 0 Å². The fourth-order valence-corrected chi connectivity index (χ4v) is 2.14. The molecule has 0 aliphatic carbocycles. The van der Waals surface area contributed by atoms with Crippen LogP contribution in [0.2, 0.25) is 0 Å². The lowest BCUT2D eigenvalue weighted by atomic mass is 10.0. The van der Waals surface area contributed by atoms with Crippen molar-refractivity contribution >= 4 is 0 Å². The third-order valence-corrected chi connectivity index (χ3v) is 3.03. The zero-order valence-corrected chi connectivity index (χ0v) is 10.8. The van der Waals surface area contributed by atoms with Crippen molar-refractivity contribution in [1.29, 1.82) is 0 Å². The van der Waals surface area contributed by atoms with Crippen LogP contribution in [0, 0.1) is 6.92 Å². The number of benzene rings is 1. The van der Waals surface area contributed by atoms with E-state index in [-0.39, 0.29) is 0 Å². The number of ether oxygens (including phenoxy) is 3. The minimum absolute atomic E-state index is 0.559. The van der Waals surface area contributed by atoms with E-state index in [9.17, 15) is 0 Å². The molecule has 5 heteroatoms. The molecule has 2 heterocycles.